The van der Waals surface area contributed by atoms with Crippen LogP contribution in [0, 0.1) is 0 Å². The number of aromatic nitrogens is 2. The highest BCUT2D eigenvalue weighted by molar-refractivity contribution is 5.92. The molecule has 1 amide bonds. The zero-order valence-corrected chi connectivity index (χ0v) is 15.2. The Balaban J connectivity index is 0.00000192. The summed E-state index contributed by atoms with van der Waals surface area (Å²) in [6.07, 6.45) is 6.36. The zero-order chi connectivity index (χ0) is 15.9. The molecule has 2 fully saturated rings. The number of hydrogen-bond acceptors (Lipinski definition) is 3. The first-order chi connectivity index (χ1) is 10.3. The van der Waals surface area contributed by atoms with E-state index in [4.69, 9.17) is 5.73 Å². The van der Waals surface area contributed by atoms with Crippen LogP contribution < -0.4 is 11.1 Å². The van der Waals surface area contributed by atoms with Crippen molar-refractivity contribution in [3.05, 3.63) is 17.5 Å². The molecule has 23 heavy (non-hydrogen) atoms. The minimum atomic E-state index is -0.0892. The summed E-state index contributed by atoms with van der Waals surface area (Å²) < 4.78 is 2.04. The normalized spacial score (nSPS) is 24.9. The molecule has 0 bridgehead atoms. The van der Waals surface area contributed by atoms with Gasteiger partial charge in [0.25, 0.3) is 5.91 Å². The number of nitrogens with two attached hydrogens (primary N) is 1. The summed E-state index contributed by atoms with van der Waals surface area (Å²) in [5, 5.41) is 7.74. The molecule has 5 nitrogen and oxygen atoms in total. The molecular formula is C17H29ClN4O. The molecule has 2 aliphatic rings. The van der Waals surface area contributed by atoms with Gasteiger partial charge < -0.3 is 11.1 Å². The monoisotopic (exact) mass is 340 g/mol. The maximum Gasteiger partial charge on any atom is 0.272 e. The molecule has 0 spiro atoms. The van der Waals surface area contributed by atoms with E-state index < -0.39 is 0 Å². The Bertz CT molecular complexity index is 551. The first kappa shape index (κ1) is 18.3. The zero-order valence-electron chi connectivity index (χ0n) is 14.3. The summed E-state index contributed by atoms with van der Waals surface area (Å²) in [4.78, 5) is 12.5. The van der Waals surface area contributed by atoms with Crippen molar-refractivity contribution in [1.82, 2.24) is 15.1 Å². The molecule has 6 heteroatoms. The number of carbonyl (C=O) groups is 1. The van der Waals surface area contributed by atoms with Crippen LogP contribution >= 0.6 is 12.4 Å². The molecule has 2 saturated carbocycles. The number of nitrogens with zero attached hydrogens (tertiary/aromatic N) is 2. The lowest BCUT2D eigenvalue weighted by atomic mass is 9.92. The summed E-state index contributed by atoms with van der Waals surface area (Å²) in [7, 11) is 0. The summed E-state index contributed by atoms with van der Waals surface area (Å²) in [6.45, 7) is 6.41. The van der Waals surface area contributed by atoms with Crippen LogP contribution in [0.2, 0.25) is 0 Å². The molecule has 0 aliphatic heterocycles. The molecule has 0 unspecified atom stereocenters. The predicted molar refractivity (Wildman–Crippen MR) is 94.1 cm³/mol. The highest BCUT2D eigenvalue weighted by atomic mass is 35.5. The number of nitrogens with one attached hydrogen (secondary N) is 1. The van der Waals surface area contributed by atoms with E-state index in [2.05, 4.69) is 31.2 Å². The lowest BCUT2D eigenvalue weighted by Crippen LogP contribution is -2.40. The summed E-state index contributed by atoms with van der Waals surface area (Å²) >= 11 is 0. The lowest BCUT2D eigenvalue weighted by Gasteiger charge is -2.26. The third kappa shape index (κ3) is 4.27. The Morgan fingerprint density at radius 3 is 2.35 bits per heavy atom. The number of rotatable bonds is 3. The van der Waals surface area contributed by atoms with Crippen molar-refractivity contribution in [1.29, 1.82) is 0 Å². The van der Waals surface area contributed by atoms with Crippen LogP contribution in [-0.4, -0.2) is 27.8 Å². The van der Waals surface area contributed by atoms with Gasteiger partial charge in [0.2, 0.25) is 0 Å². The lowest BCUT2D eigenvalue weighted by molar-refractivity contribution is 0.0919. The Hall–Kier alpha value is -1.07. The van der Waals surface area contributed by atoms with Gasteiger partial charge in [0.15, 0.2) is 0 Å². The van der Waals surface area contributed by atoms with Crippen molar-refractivity contribution < 1.29 is 4.79 Å². The summed E-state index contributed by atoms with van der Waals surface area (Å²) in [5.74, 6) is 0.548. The number of hydrogen-bond donors (Lipinski definition) is 2. The second kappa shape index (κ2) is 6.81. The molecule has 0 saturated heterocycles. The molecule has 0 radical (unpaired) electrons. The molecule has 3 rings (SSSR count). The van der Waals surface area contributed by atoms with Crippen LogP contribution in [0.3, 0.4) is 0 Å². The van der Waals surface area contributed by atoms with Gasteiger partial charge in [-0.1, -0.05) is 0 Å². The van der Waals surface area contributed by atoms with Crippen molar-refractivity contribution in [3.63, 3.8) is 0 Å². The van der Waals surface area contributed by atoms with Gasteiger partial charge in [0.05, 0.1) is 5.54 Å². The van der Waals surface area contributed by atoms with Crippen molar-refractivity contribution in [2.75, 3.05) is 0 Å². The standard InChI is InChI=1S/C17H28N4O.ClH/c1-17(2,3)21-15(11-4-5-11)10-14(20-21)16(22)19-13-8-6-12(18)7-9-13;/h10-13H,4-9,18H2,1-3H3,(H,19,22);1H. The average Bonchev–Trinajstić information content (AvgIpc) is 3.18. The Morgan fingerprint density at radius 2 is 1.83 bits per heavy atom. The van der Waals surface area contributed by atoms with Gasteiger partial charge >= 0.3 is 0 Å². The van der Waals surface area contributed by atoms with Gasteiger partial charge in [0.1, 0.15) is 5.69 Å². The van der Waals surface area contributed by atoms with Crippen LogP contribution in [0.5, 0.6) is 0 Å². The average molecular weight is 341 g/mol. The van der Waals surface area contributed by atoms with Gasteiger partial charge in [-0.25, -0.2) is 0 Å². The van der Waals surface area contributed by atoms with Crippen LogP contribution in [0.25, 0.3) is 0 Å². The fraction of sp³-hybridized carbons (Fsp3) is 0.765. The number of carbonyl (C=O) groups excluding carboxylic acids is 1. The topological polar surface area (TPSA) is 72.9 Å². The number of halogens is 1. The molecule has 1 heterocycles. The van der Waals surface area contributed by atoms with Crippen LogP contribution in [-0.2, 0) is 5.54 Å². The summed E-state index contributed by atoms with van der Waals surface area (Å²) in [6, 6.07) is 2.54. The first-order valence-corrected chi connectivity index (χ1v) is 8.51. The Labute approximate surface area is 144 Å². The Kier molecular flexibility index (Phi) is 5.41. The summed E-state index contributed by atoms with van der Waals surface area (Å²) in [5.41, 5.74) is 7.61. The van der Waals surface area contributed by atoms with E-state index >= 15 is 0 Å². The van der Waals surface area contributed by atoms with Crippen LogP contribution in [0.1, 0.15) is 81.4 Å². The van der Waals surface area contributed by atoms with E-state index in [1.807, 2.05) is 10.7 Å². The SMILES string of the molecule is CC(C)(C)n1nc(C(=O)NC2CCC(N)CC2)cc1C1CC1.Cl. The molecule has 2 aliphatic carbocycles. The molecule has 3 N–H and O–H groups in total. The molecule has 130 valence electrons. The van der Waals surface area contributed by atoms with Crippen molar-refractivity contribution in [2.24, 2.45) is 5.73 Å². The maximum absolute atomic E-state index is 12.5. The minimum Gasteiger partial charge on any atom is -0.348 e. The van der Waals surface area contributed by atoms with E-state index in [0.29, 0.717) is 17.7 Å². The maximum atomic E-state index is 12.5. The van der Waals surface area contributed by atoms with E-state index in [1.165, 1.54) is 18.5 Å². The predicted octanol–water partition coefficient (Wildman–Crippen LogP) is 2.94. The van der Waals surface area contributed by atoms with E-state index in [-0.39, 0.29) is 29.9 Å². The highest BCUT2D eigenvalue weighted by Gasteiger charge is 2.33. The van der Waals surface area contributed by atoms with Gasteiger partial charge in [-0.3, -0.25) is 9.48 Å². The molecule has 1 aromatic rings. The van der Waals surface area contributed by atoms with Crippen molar-refractivity contribution in [2.45, 2.75) is 82.8 Å². The molecule has 1 aromatic heterocycles. The Morgan fingerprint density at radius 1 is 1.22 bits per heavy atom. The fourth-order valence-electron chi connectivity index (χ4n) is 3.24. The molecular weight excluding hydrogens is 312 g/mol. The number of amides is 1. The van der Waals surface area contributed by atoms with E-state index in [1.54, 1.807) is 0 Å². The van der Waals surface area contributed by atoms with Crippen LogP contribution in [0.15, 0.2) is 6.07 Å². The highest BCUT2D eigenvalue weighted by Crippen LogP contribution is 2.41. The van der Waals surface area contributed by atoms with Gasteiger partial charge in [-0.05, 0) is 65.4 Å². The quantitative estimate of drug-likeness (QED) is 0.888. The van der Waals surface area contributed by atoms with Gasteiger partial charge in [0, 0.05) is 23.7 Å². The van der Waals surface area contributed by atoms with E-state index in [9.17, 15) is 4.79 Å². The van der Waals surface area contributed by atoms with Crippen molar-refractivity contribution >= 4 is 18.3 Å². The largest absolute Gasteiger partial charge is 0.348 e. The van der Waals surface area contributed by atoms with Crippen LogP contribution in [0.4, 0.5) is 0 Å². The second-order valence-electron chi connectivity index (χ2n) is 7.90. The smallest absolute Gasteiger partial charge is 0.272 e. The minimum absolute atomic E-state index is 0. The molecule has 0 aromatic carbocycles. The van der Waals surface area contributed by atoms with Gasteiger partial charge in [-0.2, -0.15) is 5.10 Å². The third-order valence-corrected chi connectivity index (χ3v) is 4.71. The van der Waals surface area contributed by atoms with E-state index in [0.717, 1.165) is 25.7 Å². The van der Waals surface area contributed by atoms with Gasteiger partial charge in [-0.15, -0.1) is 12.4 Å². The second-order valence-corrected chi connectivity index (χ2v) is 7.90. The molecule has 0 atom stereocenters. The third-order valence-electron chi connectivity index (χ3n) is 4.71. The first-order valence-electron chi connectivity index (χ1n) is 8.51. The fourth-order valence-corrected chi connectivity index (χ4v) is 3.24. The van der Waals surface area contributed by atoms with Crippen molar-refractivity contribution in [3.8, 4) is 0 Å².